The van der Waals surface area contributed by atoms with Crippen LogP contribution in [0.1, 0.15) is 81.9 Å². The Hall–Kier alpha value is -2.99. The van der Waals surface area contributed by atoms with Crippen molar-refractivity contribution in [2.24, 2.45) is 0 Å². The zero-order valence-electron chi connectivity index (χ0n) is 23.3. The first-order chi connectivity index (χ1) is 18.5. The molecular formula is C32H40ClNO5. The summed E-state index contributed by atoms with van der Waals surface area (Å²) in [6, 6.07) is 11.7. The second-order valence-electron chi connectivity index (χ2n) is 11.8. The van der Waals surface area contributed by atoms with Crippen molar-refractivity contribution in [2.75, 3.05) is 24.6 Å². The number of aryl methyl sites for hydroxylation is 1. The Morgan fingerprint density at radius 2 is 2.03 bits per heavy atom. The first-order valence-corrected chi connectivity index (χ1v) is 14.3. The molecule has 1 heterocycles. The molecule has 1 spiro atoms. The number of carboxylic acid groups (broad SMARTS) is 1. The van der Waals surface area contributed by atoms with Crippen LogP contribution in [-0.4, -0.2) is 42.3 Å². The van der Waals surface area contributed by atoms with Crippen molar-refractivity contribution in [3.8, 4) is 5.75 Å². The number of hydrogen-bond donors (Lipinski definition) is 1. The van der Waals surface area contributed by atoms with Gasteiger partial charge in [0.25, 0.3) is 0 Å². The topological polar surface area (TPSA) is 76.1 Å². The van der Waals surface area contributed by atoms with E-state index < -0.39 is 23.5 Å². The Balaban J connectivity index is 1.69. The number of anilines is 1. The summed E-state index contributed by atoms with van der Waals surface area (Å²) in [6.45, 7) is 11.3. The molecule has 2 aromatic rings. The van der Waals surface area contributed by atoms with Gasteiger partial charge in [0, 0.05) is 23.5 Å². The van der Waals surface area contributed by atoms with Crippen LogP contribution in [0.15, 0.2) is 49.1 Å². The van der Waals surface area contributed by atoms with Gasteiger partial charge in [-0.05, 0) is 100 Å². The van der Waals surface area contributed by atoms with Gasteiger partial charge in [-0.25, -0.2) is 0 Å². The smallest absolute Gasteiger partial charge is 0.311 e. The van der Waals surface area contributed by atoms with Gasteiger partial charge in [-0.15, -0.1) is 6.58 Å². The molecule has 1 aliphatic carbocycles. The number of nitrogens with zero attached hydrogens (tertiary/aromatic N) is 1. The van der Waals surface area contributed by atoms with E-state index in [0.29, 0.717) is 12.2 Å². The minimum absolute atomic E-state index is 0.196. The maximum absolute atomic E-state index is 12.6. The van der Waals surface area contributed by atoms with Crippen LogP contribution < -0.4 is 9.64 Å². The van der Waals surface area contributed by atoms with Gasteiger partial charge in [-0.2, -0.15) is 0 Å². The second kappa shape index (κ2) is 12.0. The third kappa shape index (κ3) is 6.96. The molecule has 7 heteroatoms. The molecule has 0 fully saturated rings. The number of benzene rings is 2. The van der Waals surface area contributed by atoms with Crippen molar-refractivity contribution in [1.29, 1.82) is 0 Å². The lowest BCUT2D eigenvalue weighted by Gasteiger charge is -2.41. The second-order valence-corrected chi connectivity index (χ2v) is 12.3. The molecule has 0 saturated carbocycles. The number of rotatable bonds is 9. The van der Waals surface area contributed by atoms with Crippen LogP contribution >= 0.6 is 11.6 Å². The van der Waals surface area contributed by atoms with Gasteiger partial charge in [0.2, 0.25) is 0 Å². The number of ether oxygens (including phenoxy) is 2. The summed E-state index contributed by atoms with van der Waals surface area (Å²) in [7, 11) is 0. The Morgan fingerprint density at radius 3 is 2.74 bits per heavy atom. The lowest BCUT2D eigenvalue weighted by molar-refractivity contribution is -0.158. The Labute approximate surface area is 236 Å². The Kier molecular flexibility index (Phi) is 8.95. The molecule has 0 radical (unpaired) electrons. The van der Waals surface area contributed by atoms with E-state index in [-0.39, 0.29) is 11.8 Å². The molecular weight excluding hydrogens is 514 g/mol. The molecule has 2 aliphatic rings. The number of esters is 1. The summed E-state index contributed by atoms with van der Waals surface area (Å²) in [5.41, 5.74) is 3.13. The van der Waals surface area contributed by atoms with Gasteiger partial charge in [0.05, 0.1) is 24.6 Å². The molecule has 39 heavy (non-hydrogen) atoms. The number of halogens is 1. The monoisotopic (exact) mass is 553 g/mol. The molecule has 0 saturated heterocycles. The third-order valence-electron chi connectivity index (χ3n) is 7.64. The van der Waals surface area contributed by atoms with Gasteiger partial charge in [-0.1, -0.05) is 29.8 Å². The van der Waals surface area contributed by atoms with Crippen LogP contribution in [0.2, 0.25) is 5.02 Å². The Bertz CT molecular complexity index is 1220. The van der Waals surface area contributed by atoms with Crippen molar-refractivity contribution in [3.63, 3.8) is 0 Å². The molecule has 4 rings (SSSR count). The maximum atomic E-state index is 12.6. The minimum Gasteiger partial charge on any atom is -0.490 e. The average molecular weight is 554 g/mol. The SMILES string of the molecule is C=CCCCCN1C[C@@]2(CCCc3cc(Cl)ccc32)COc2ccc([C@@H](CC(=O)OC(C)(C)C)C(=O)O)cc21. The maximum Gasteiger partial charge on any atom is 0.311 e. The van der Waals surface area contributed by atoms with Gasteiger partial charge >= 0.3 is 11.9 Å². The molecule has 0 bridgehead atoms. The van der Waals surface area contributed by atoms with Crippen molar-refractivity contribution < 1.29 is 24.2 Å². The predicted molar refractivity (Wildman–Crippen MR) is 155 cm³/mol. The van der Waals surface area contributed by atoms with E-state index in [9.17, 15) is 14.7 Å². The van der Waals surface area contributed by atoms with Crippen molar-refractivity contribution in [1.82, 2.24) is 0 Å². The van der Waals surface area contributed by atoms with Gasteiger partial charge in [0.1, 0.15) is 11.4 Å². The molecule has 2 atom stereocenters. The summed E-state index contributed by atoms with van der Waals surface area (Å²) >= 11 is 6.35. The first-order valence-electron chi connectivity index (χ1n) is 13.9. The number of aliphatic carboxylic acids is 1. The fourth-order valence-electron chi connectivity index (χ4n) is 5.87. The van der Waals surface area contributed by atoms with E-state index in [1.807, 2.05) is 24.3 Å². The number of carbonyl (C=O) groups excluding carboxylic acids is 1. The first kappa shape index (κ1) is 29.0. The molecule has 1 N–H and O–H groups in total. The number of fused-ring (bicyclic) bond motifs is 3. The van der Waals surface area contributed by atoms with Crippen LogP contribution in [0.3, 0.4) is 0 Å². The summed E-state index contributed by atoms with van der Waals surface area (Å²) in [6.07, 6.45) is 7.70. The molecule has 0 aromatic heterocycles. The molecule has 2 aromatic carbocycles. The zero-order chi connectivity index (χ0) is 28.2. The molecule has 0 amide bonds. The third-order valence-corrected chi connectivity index (χ3v) is 7.87. The zero-order valence-corrected chi connectivity index (χ0v) is 24.1. The van der Waals surface area contributed by atoms with Crippen molar-refractivity contribution >= 4 is 29.2 Å². The summed E-state index contributed by atoms with van der Waals surface area (Å²) in [5, 5.41) is 10.8. The van der Waals surface area contributed by atoms with E-state index in [1.54, 1.807) is 26.8 Å². The number of carboxylic acids is 1. The van der Waals surface area contributed by atoms with E-state index in [4.69, 9.17) is 21.1 Å². The lowest BCUT2D eigenvalue weighted by atomic mass is 9.70. The fourth-order valence-corrected chi connectivity index (χ4v) is 6.07. The number of unbranched alkanes of at least 4 members (excludes halogenated alkanes) is 2. The largest absolute Gasteiger partial charge is 0.490 e. The van der Waals surface area contributed by atoms with E-state index >= 15 is 0 Å². The average Bonchev–Trinajstić information content (AvgIpc) is 3.01. The number of hydrogen-bond acceptors (Lipinski definition) is 5. The quantitative estimate of drug-likeness (QED) is 0.203. The van der Waals surface area contributed by atoms with E-state index in [0.717, 1.165) is 68.1 Å². The predicted octanol–water partition coefficient (Wildman–Crippen LogP) is 7.07. The van der Waals surface area contributed by atoms with Crippen LogP contribution in [0.25, 0.3) is 0 Å². The standard InChI is InChI=1S/C32H40ClNO5/c1-5-6-7-8-16-34-20-32(15-9-10-23-17-24(33)12-13-26(23)32)21-38-28-14-11-22(18-27(28)34)25(30(36)37)19-29(35)39-31(2,3)4/h5,11-14,17-18,25H,1,6-10,15-16,19-21H2,2-4H3,(H,36,37)/t25-,32+/m1/s1. The highest BCUT2D eigenvalue weighted by Crippen LogP contribution is 2.45. The number of allylic oxidation sites excluding steroid dienone is 1. The van der Waals surface area contributed by atoms with Gasteiger partial charge in [-0.3, -0.25) is 9.59 Å². The van der Waals surface area contributed by atoms with Gasteiger partial charge < -0.3 is 19.5 Å². The Morgan fingerprint density at radius 1 is 1.23 bits per heavy atom. The van der Waals surface area contributed by atoms with Crippen LogP contribution in [0.5, 0.6) is 5.75 Å². The van der Waals surface area contributed by atoms with Crippen LogP contribution in [0, 0.1) is 0 Å². The highest BCUT2D eigenvalue weighted by molar-refractivity contribution is 6.30. The normalized spacial score (nSPS) is 19.3. The van der Waals surface area contributed by atoms with E-state index in [1.165, 1.54) is 11.1 Å². The molecule has 210 valence electrons. The van der Waals surface area contributed by atoms with Crippen LogP contribution in [-0.2, 0) is 26.2 Å². The molecule has 6 nitrogen and oxygen atoms in total. The molecule has 1 aliphatic heterocycles. The van der Waals surface area contributed by atoms with E-state index in [2.05, 4.69) is 23.6 Å². The highest BCUT2D eigenvalue weighted by atomic mass is 35.5. The van der Waals surface area contributed by atoms with Crippen molar-refractivity contribution in [3.05, 3.63) is 70.8 Å². The summed E-state index contributed by atoms with van der Waals surface area (Å²) in [4.78, 5) is 27.2. The summed E-state index contributed by atoms with van der Waals surface area (Å²) in [5.74, 6) is -1.86. The molecule has 0 unspecified atom stereocenters. The van der Waals surface area contributed by atoms with Crippen LogP contribution in [0.4, 0.5) is 5.69 Å². The summed E-state index contributed by atoms with van der Waals surface area (Å²) < 4.78 is 11.9. The fraction of sp³-hybridized carbons (Fsp3) is 0.500. The number of carbonyl (C=O) groups is 2. The minimum atomic E-state index is -1.05. The lowest BCUT2D eigenvalue weighted by Crippen LogP contribution is -2.46. The van der Waals surface area contributed by atoms with Gasteiger partial charge in [0.15, 0.2) is 0 Å². The van der Waals surface area contributed by atoms with Crippen molar-refractivity contribution in [2.45, 2.75) is 82.7 Å². The highest BCUT2D eigenvalue weighted by Gasteiger charge is 2.42.